The fourth-order valence-electron chi connectivity index (χ4n) is 4.07. The monoisotopic (exact) mass is 401 g/mol. The molecule has 6 nitrogen and oxygen atoms in total. The maximum atomic E-state index is 12.8. The first-order valence-electron chi connectivity index (χ1n) is 10.5. The van der Waals surface area contributed by atoms with E-state index in [1.54, 1.807) is 12.4 Å². The Morgan fingerprint density at radius 3 is 2.54 bits per heavy atom. The highest BCUT2D eigenvalue weighted by atomic mass is 32.1. The minimum Gasteiger partial charge on any atom is -0.368 e. The van der Waals surface area contributed by atoms with Crippen molar-refractivity contribution in [3.63, 3.8) is 0 Å². The van der Waals surface area contributed by atoms with E-state index in [0.717, 1.165) is 50.3 Å². The van der Waals surface area contributed by atoms with Gasteiger partial charge >= 0.3 is 0 Å². The summed E-state index contributed by atoms with van der Waals surface area (Å²) in [5.41, 5.74) is 2.60. The Hall–Kier alpha value is -1.99. The molecule has 0 atom stereocenters. The standard InChI is InChI=1S/C19H25N5OS.C2H6/c25-17-12-15(22-13-24(17)14-4-2-1-3-5-14)18-16(6-7-21-19(18)26)23-10-8-20-9-11-23;1-2/h6-7,12-14,20H,1-5,8-11H2,(H,21,26);1-2H3. The van der Waals surface area contributed by atoms with Gasteiger partial charge in [0.1, 0.15) is 4.64 Å². The quantitative estimate of drug-likeness (QED) is 0.764. The van der Waals surface area contributed by atoms with Gasteiger partial charge in [-0.3, -0.25) is 9.36 Å². The van der Waals surface area contributed by atoms with Crippen LogP contribution >= 0.6 is 12.2 Å². The molecule has 4 rings (SSSR count). The third kappa shape index (κ3) is 4.52. The molecule has 2 N–H and O–H groups in total. The van der Waals surface area contributed by atoms with Gasteiger partial charge in [-0.1, -0.05) is 45.3 Å². The molecule has 1 saturated carbocycles. The van der Waals surface area contributed by atoms with E-state index in [9.17, 15) is 4.79 Å². The van der Waals surface area contributed by atoms with Gasteiger partial charge in [0.05, 0.1) is 23.3 Å². The molecule has 2 fully saturated rings. The Morgan fingerprint density at radius 2 is 1.86 bits per heavy atom. The number of rotatable bonds is 3. The van der Waals surface area contributed by atoms with Crippen molar-refractivity contribution in [3.8, 4) is 11.3 Å². The summed E-state index contributed by atoms with van der Waals surface area (Å²) in [6, 6.07) is 3.97. The number of hydrogen-bond donors (Lipinski definition) is 2. The number of H-pyrrole nitrogens is 1. The van der Waals surface area contributed by atoms with Crippen LogP contribution in [0, 0.1) is 4.64 Å². The van der Waals surface area contributed by atoms with Crippen LogP contribution in [-0.2, 0) is 0 Å². The molecule has 0 bridgehead atoms. The summed E-state index contributed by atoms with van der Waals surface area (Å²) in [4.78, 5) is 22.8. The Morgan fingerprint density at radius 1 is 1.14 bits per heavy atom. The lowest BCUT2D eigenvalue weighted by Crippen LogP contribution is -2.43. The van der Waals surface area contributed by atoms with Crippen LogP contribution in [0.3, 0.4) is 0 Å². The van der Waals surface area contributed by atoms with Crippen LogP contribution < -0.4 is 15.8 Å². The zero-order valence-electron chi connectivity index (χ0n) is 16.9. The fourth-order valence-corrected chi connectivity index (χ4v) is 4.34. The van der Waals surface area contributed by atoms with Crippen molar-refractivity contribution in [3.05, 3.63) is 39.7 Å². The van der Waals surface area contributed by atoms with Crippen molar-refractivity contribution < 1.29 is 0 Å². The van der Waals surface area contributed by atoms with E-state index in [-0.39, 0.29) is 11.6 Å². The lowest BCUT2D eigenvalue weighted by molar-refractivity contribution is 0.343. The van der Waals surface area contributed by atoms with E-state index in [1.807, 2.05) is 30.7 Å². The van der Waals surface area contributed by atoms with E-state index in [0.29, 0.717) is 10.3 Å². The Labute approximate surface area is 172 Å². The van der Waals surface area contributed by atoms with Crippen LogP contribution in [0.1, 0.15) is 52.0 Å². The number of hydrogen-bond acceptors (Lipinski definition) is 5. The van der Waals surface area contributed by atoms with Crippen LogP contribution in [-0.4, -0.2) is 40.7 Å². The summed E-state index contributed by atoms with van der Waals surface area (Å²) < 4.78 is 2.44. The topological polar surface area (TPSA) is 66.0 Å². The second-order valence-corrected chi connectivity index (χ2v) is 7.52. The largest absolute Gasteiger partial charge is 0.368 e. The molecule has 0 radical (unpaired) electrons. The number of aromatic amines is 1. The van der Waals surface area contributed by atoms with Crippen LogP contribution in [0.15, 0.2) is 29.5 Å². The van der Waals surface area contributed by atoms with E-state index in [2.05, 4.69) is 20.2 Å². The van der Waals surface area contributed by atoms with Gasteiger partial charge in [-0.25, -0.2) is 4.98 Å². The summed E-state index contributed by atoms with van der Waals surface area (Å²) >= 11 is 5.55. The minimum absolute atomic E-state index is 0.0198. The predicted octanol–water partition coefficient (Wildman–Crippen LogP) is 3.91. The third-order valence-corrected chi connectivity index (χ3v) is 5.78. The lowest BCUT2D eigenvalue weighted by Gasteiger charge is -2.31. The maximum Gasteiger partial charge on any atom is 0.254 e. The lowest BCUT2D eigenvalue weighted by atomic mass is 9.95. The van der Waals surface area contributed by atoms with Crippen LogP contribution in [0.5, 0.6) is 0 Å². The van der Waals surface area contributed by atoms with Crippen LogP contribution in [0.4, 0.5) is 5.69 Å². The van der Waals surface area contributed by atoms with Crippen molar-refractivity contribution >= 4 is 17.9 Å². The molecule has 2 aromatic heterocycles. The van der Waals surface area contributed by atoms with Gasteiger partial charge < -0.3 is 15.2 Å². The molecular formula is C21H31N5OS. The summed E-state index contributed by atoms with van der Waals surface area (Å²) in [6.45, 7) is 7.74. The molecule has 28 heavy (non-hydrogen) atoms. The molecule has 0 aromatic carbocycles. The van der Waals surface area contributed by atoms with Crippen LogP contribution in [0.25, 0.3) is 11.3 Å². The van der Waals surface area contributed by atoms with E-state index >= 15 is 0 Å². The van der Waals surface area contributed by atoms with E-state index in [4.69, 9.17) is 12.2 Å². The zero-order valence-corrected chi connectivity index (χ0v) is 17.7. The summed E-state index contributed by atoms with van der Waals surface area (Å²) in [6.07, 6.45) is 9.37. The molecule has 0 unspecified atom stereocenters. The molecule has 1 saturated heterocycles. The fraction of sp³-hybridized carbons (Fsp3) is 0.571. The van der Waals surface area contributed by atoms with Gasteiger partial charge in [0, 0.05) is 44.5 Å². The van der Waals surface area contributed by atoms with Gasteiger partial charge in [-0.05, 0) is 18.9 Å². The summed E-state index contributed by atoms with van der Waals surface area (Å²) in [7, 11) is 0. The maximum absolute atomic E-state index is 12.8. The number of pyridine rings is 1. The molecule has 1 aliphatic heterocycles. The summed E-state index contributed by atoms with van der Waals surface area (Å²) in [5, 5.41) is 3.37. The first-order valence-corrected chi connectivity index (χ1v) is 10.9. The van der Waals surface area contributed by atoms with Gasteiger partial charge in [-0.2, -0.15) is 0 Å². The van der Waals surface area contributed by atoms with Gasteiger partial charge in [0.15, 0.2) is 0 Å². The predicted molar refractivity (Wildman–Crippen MR) is 118 cm³/mol. The van der Waals surface area contributed by atoms with Gasteiger partial charge in [0.25, 0.3) is 5.56 Å². The second kappa shape index (κ2) is 9.98. The Bertz CT molecular complexity index is 879. The number of anilines is 1. The molecule has 0 spiro atoms. The number of nitrogens with one attached hydrogen (secondary N) is 2. The minimum atomic E-state index is 0.0198. The van der Waals surface area contributed by atoms with Crippen molar-refractivity contribution in [2.45, 2.75) is 52.0 Å². The highest BCUT2D eigenvalue weighted by molar-refractivity contribution is 7.71. The van der Waals surface area contributed by atoms with Crippen molar-refractivity contribution in [1.29, 1.82) is 0 Å². The first kappa shape index (κ1) is 20.7. The third-order valence-electron chi connectivity index (χ3n) is 5.46. The molecule has 7 heteroatoms. The average molecular weight is 402 g/mol. The Balaban J connectivity index is 0.00000109. The van der Waals surface area contributed by atoms with E-state index < -0.39 is 0 Å². The zero-order chi connectivity index (χ0) is 19.9. The highest BCUT2D eigenvalue weighted by Gasteiger charge is 2.20. The van der Waals surface area contributed by atoms with Crippen molar-refractivity contribution in [2.24, 2.45) is 0 Å². The van der Waals surface area contributed by atoms with E-state index in [1.165, 1.54) is 19.3 Å². The first-order chi connectivity index (χ1) is 13.7. The molecular weight excluding hydrogens is 370 g/mol. The number of nitrogens with zero attached hydrogens (tertiary/aromatic N) is 3. The number of piperazine rings is 1. The Kier molecular flexibility index (Phi) is 7.39. The second-order valence-electron chi connectivity index (χ2n) is 7.12. The molecule has 152 valence electrons. The molecule has 3 heterocycles. The molecule has 1 aliphatic carbocycles. The van der Waals surface area contributed by atoms with Gasteiger partial charge in [0.2, 0.25) is 0 Å². The highest BCUT2D eigenvalue weighted by Crippen LogP contribution is 2.30. The van der Waals surface area contributed by atoms with Crippen LogP contribution in [0.2, 0.25) is 0 Å². The van der Waals surface area contributed by atoms with Gasteiger partial charge in [-0.15, -0.1) is 0 Å². The number of aromatic nitrogens is 3. The molecule has 2 aliphatic rings. The summed E-state index contributed by atoms with van der Waals surface area (Å²) in [5.74, 6) is 0. The normalized spacial score (nSPS) is 17.7. The smallest absolute Gasteiger partial charge is 0.254 e. The van der Waals surface area contributed by atoms with Crippen molar-refractivity contribution in [1.82, 2.24) is 19.9 Å². The molecule has 2 aromatic rings. The average Bonchev–Trinajstić information content (AvgIpc) is 2.76. The van der Waals surface area contributed by atoms with Crippen molar-refractivity contribution in [2.75, 3.05) is 31.1 Å². The molecule has 0 amide bonds. The SMILES string of the molecule is CC.O=c1cc(-c2c(N3CCNCC3)cc[nH]c2=S)ncn1C1CCCCC1.